The minimum atomic E-state index is -0.780. The lowest BCUT2D eigenvalue weighted by molar-refractivity contribution is -0.121. The number of nitrogens with zero attached hydrogens (tertiary/aromatic N) is 2. The van der Waals surface area contributed by atoms with Crippen LogP contribution in [0.15, 0.2) is 0 Å². The summed E-state index contributed by atoms with van der Waals surface area (Å²) in [6.07, 6.45) is 3.57. The molecule has 120 valence electrons. The van der Waals surface area contributed by atoms with Crippen LogP contribution in [-0.2, 0) is 18.3 Å². The third-order valence-electron chi connectivity index (χ3n) is 4.04. The van der Waals surface area contributed by atoms with Crippen LogP contribution in [0.3, 0.4) is 0 Å². The summed E-state index contributed by atoms with van der Waals surface area (Å²) in [6, 6.07) is 0. The Morgan fingerprint density at radius 2 is 1.86 bits per heavy atom. The monoisotopic (exact) mass is 295 g/mol. The summed E-state index contributed by atoms with van der Waals surface area (Å²) in [5, 5.41) is 17.7. The van der Waals surface area contributed by atoms with Gasteiger partial charge >= 0.3 is 0 Å². The molecule has 0 unspecified atom stereocenters. The molecule has 0 aliphatic carbocycles. The van der Waals surface area contributed by atoms with Crippen molar-refractivity contribution < 1.29 is 9.90 Å². The van der Waals surface area contributed by atoms with E-state index in [-0.39, 0.29) is 5.91 Å². The highest BCUT2D eigenvalue weighted by molar-refractivity contribution is 5.79. The van der Waals surface area contributed by atoms with Crippen LogP contribution in [0.25, 0.3) is 0 Å². The molecule has 0 aromatic carbocycles. The van der Waals surface area contributed by atoms with E-state index in [1.807, 2.05) is 34.7 Å². The number of rotatable bonds is 8. The number of carbonyl (C=O) groups is 1. The summed E-state index contributed by atoms with van der Waals surface area (Å²) >= 11 is 0. The highest BCUT2D eigenvalue weighted by Gasteiger charge is 2.25. The van der Waals surface area contributed by atoms with Crippen molar-refractivity contribution in [3.05, 3.63) is 17.0 Å². The van der Waals surface area contributed by atoms with Gasteiger partial charge in [0.1, 0.15) is 0 Å². The van der Waals surface area contributed by atoms with Gasteiger partial charge in [-0.15, -0.1) is 0 Å². The molecule has 1 aromatic heterocycles. The molecule has 1 amide bonds. The van der Waals surface area contributed by atoms with E-state index < -0.39 is 5.60 Å². The Labute approximate surface area is 127 Å². The maximum Gasteiger partial charge on any atom is 0.224 e. The molecule has 1 rings (SSSR count). The van der Waals surface area contributed by atoms with Crippen molar-refractivity contribution in [1.82, 2.24) is 15.1 Å². The molecule has 0 bridgehead atoms. The molecule has 0 spiro atoms. The fourth-order valence-electron chi connectivity index (χ4n) is 2.79. The van der Waals surface area contributed by atoms with Gasteiger partial charge in [-0.05, 0) is 26.7 Å². The molecular formula is C16H29N3O2. The van der Waals surface area contributed by atoms with Crippen molar-refractivity contribution in [2.24, 2.45) is 7.05 Å². The van der Waals surface area contributed by atoms with Gasteiger partial charge in [-0.3, -0.25) is 9.48 Å². The third kappa shape index (κ3) is 4.84. The zero-order chi connectivity index (χ0) is 16.0. The predicted octanol–water partition coefficient (Wildman–Crippen LogP) is 2.03. The van der Waals surface area contributed by atoms with Crippen molar-refractivity contribution >= 4 is 5.91 Å². The lowest BCUT2D eigenvalue weighted by Crippen LogP contribution is -2.43. The van der Waals surface area contributed by atoms with Crippen molar-refractivity contribution in [1.29, 1.82) is 0 Å². The minimum absolute atomic E-state index is 0.0557. The molecule has 0 aliphatic rings. The summed E-state index contributed by atoms with van der Waals surface area (Å²) in [5.41, 5.74) is 2.10. The zero-order valence-corrected chi connectivity index (χ0v) is 14.0. The molecule has 21 heavy (non-hydrogen) atoms. The van der Waals surface area contributed by atoms with Crippen molar-refractivity contribution in [2.75, 3.05) is 6.54 Å². The van der Waals surface area contributed by atoms with Gasteiger partial charge in [-0.1, -0.05) is 26.7 Å². The number of aliphatic hydroxyl groups is 1. The lowest BCUT2D eigenvalue weighted by Gasteiger charge is -2.27. The van der Waals surface area contributed by atoms with E-state index in [1.54, 1.807) is 4.68 Å². The lowest BCUT2D eigenvalue weighted by atomic mass is 9.92. The van der Waals surface area contributed by atoms with E-state index in [4.69, 9.17) is 0 Å². The fraction of sp³-hybridized carbons (Fsp3) is 0.750. The topological polar surface area (TPSA) is 67.2 Å². The van der Waals surface area contributed by atoms with Crippen LogP contribution >= 0.6 is 0 Å². The van der Waals surface area contributed by atoms with Gasteiger partial charge < -0.3 is 10.4 Å². The number of aromatic nitrogens is 2. The van der Waals surface area contributed by atoms with Crippen molar-refractivity contribution in [3.8, 4) is 0 Å². The minimum Gasteiger partial charge on any atom is -0.388 e. The number of hydrogen-bond acceptors (Lipinski definition) is 3. The van der Waals surface area contributed by atoms with Crippen LogP contribution in [-0.4, -0.2) is 32.9 Å². The SMILES string of the molecule is CCCC(O)(CCC)CNC(=O)Cc1c(C)nn(C)c1C. The summed E-state index contributed by atoms with van der Waals surface area (Å²) in [4.78, 5) is 12.1. The second-order valence-corrected chi connectivity index (χ2v) is 5.95. The number of hydrogen-bond donors (Lipinski definition) is 2. The fourth-order valence-corrected chi connectivity index (χ4v) is 2.79. The summed E-state index contributed by atoms with van der Waals surface area (Å²) < 4.78 is 1.79. The van der Waals surface area contributed by atoms with Gasteiger partial charge in [0.2, 0.25) is 5.91 Å². The Morgan fingerprint density at radius 1 is 1.29 bits per heavy atom. The molecule has 0 aliphatic heterocycles. The quantitative estimate of drug-likeness (QED) is 0.771. The van der Waals surface area contributed by atoms with Crippen molar-refractivity contribution in [3.63, 3.8) is 0 Å². The molecule has 2 N–H and O–H groups in total. The summed E-state index contributed by atoms with van der Waals surface area (Å²) in [5.74, 6) is -0.0557. The van der Waals surface area contributed by atoms with Gasteiger partial charge in [0.25, 0.3) is 0 Å². The molecule has 5 nitrogen and oxygen atoms in total. The van der Waals surface area contributed by atoms with Gasteiger partial charge in [0.15, 0.2) is 0 Å². The Morgan fingerprint density at radius 3 is 2.29 bits per heavy atom. The summed E-state index contributed by atoms with van der Waals surface area (Å²) in [7, 11) is 1.88. The molecule has 1 aromatic rings. The highest BCUT2D eigenvalue weighted by atomic mass is 16.3. The molecule has 0 fully saturated rings. The van der Waals surface area contributed by atoms with E-state index in [0.29, 0.717) is 25.8 Å². The smallest absolute Gasteiger partial charge is 0.224 e. The molecular weight excluding hydrogens is 266 g/mol. The van der Waals surface area contributed by atoms with Gasteiger partial charge in [0.05, 0.1) is 17.7 Å². The van der Waals surface area contributed by atoms with E-state index >= 15 is 0 Å². The van der Waals surface area contributed by atoms with E-state index in [2.05, 4.69) is 10.4 Å². The second kappa shape index (κ2) is 7.59. The van der Waals surface area contributed by atoms with Crippen LogP contribution in [0.1, 0.15) is 56.5 Å². The molecule has 0 radical (unpaired) electrons. The van der Waals surface area contributed by atoms with Gasteiger partial charge in [-0.2, -0.15) is 5.10 Å². The maximum atomic E-state index is 12.1. The molecule has 5 heteroatoms. The normalized spacial score (nSPS) is 11.7. The van der Waals surface area contributed by atoms with Gasteiger partial charge in [-0.25, -0.2) is 0 Å². The highest BCUT2D eigenvalue weighted by Crippen LogP contribution is 2.19. The number of aryl methyl sites for hydroxylation is 2. The van der Waals surface area contributed by atoms with E-state index in [0.717, 1.165) is 29.8 Å². The number of amides is 1. The van der Waals surface area contributed by atoms with Crippen molar-refractivity contribution in [2.45, 2.75) is 65.4 Å². The first-order valence-corrected chi connectivity index (χ1v) is 7.81. The first-order chi connectivity index (χ1) is 9.83. The average Bonchev–Trinajstić information content (AvgIpc) is 2.64. The first kappa shape index (κ1) is 17.7. The van der Waals surface area contributed by atoms with Gasteiger partial charge in [0, 0.05) is 24.8 Å². The van der Waals surface area contributed by atoms with Crippen LogP contribution in [0.2, 0.25) is 0 Å². The van der Waals surface area contributed by atoms with E-state index in [9.17, 15) is 9.90 Å². The Bertz CT molecular complexity index is 474. The molecule has 0 saturated carbocycles. The van der Waals surface area contributed by atoms with Crippen LogP contribution in [0, 0.1) is 13.8 Å². The predicted molar refractivity (Wildman–Crippen MR) is 84.2 cm³/mol. The molecule has 0 saturated heterocycles. The second-order valence-electron chi connectivity index (χ2n) is 5.95. The standard InChI is InChI=1S/C16H29N3O2/c1-6-8-16(21,9-7-2)11-17-15(20)10-14-12(3)18-19(5)13(14)4/h21H,6-11H2,1-5H3,(H,17,20). The average molecular weight is 295 g/mol. The Balaban J connectivity index is 2.61. The maximum absolute atomic E-state index is 12.1. The molecule has 1 heterocycles. The number of carbonyl (C=O) groups excluding carboxylic acids is 1. The van der Waals surface area contributed by atoms with E-state index in [1.165, 1.54) is 0 Å². The Hall–Kier alpha value is -1.36. The number of nitrogens with one attached hydrogen (secondary N) is 1. The largest absolute Gasteiger partial charge is 0.388 e. The third-order valence-corrected chi connectivity index (χ3v) is 4.04. The van der Waals surface area contributed by atoms with Crippen LogP contribution < -0.4 is 5.32 Å². The van der Waals surface area contributed by atoms with Crippen LogP contribution in [0.4, 0.5) is 0 Å². The zero-order valence-electron chi connectivity index (χ0n) is 14.0. The Kier molecular flexibility index (Phi) is 6.40. The molecule has 0 atom stereocenters. The summed E-state index contributed by atoms with van der Waals surface area (Å²) in [6.45, 7) is 8.30. The van der Waals surface area contributed by atoms with Crippen LogP contribution in [0.5, 0.6) is 0 Å². The first-order valence-electron chi connectivity index (χ1n) is 7.81.